The summed E-state index contributed by atoms with van der Waals surface area (Å²) in [5, 5.41) is 12.3. The van der Waals surface area contributed by atoms with Crippen LogP contribution in [-0.4, -0.2) is 42.8 Å². The zero-order chi connectivity index (χ0) is 13.8. The fourth-order valence-electron chi connectivity index (χ4n) is 2.45. The lowest BCUT2D eigenvalue weighted by molar-refractivity contribution is 0.137. The van der Waals surface area contributed by atoms with E-state index in [0.717, 1.165) is 19.2 Å². The summed E-state index contributed by atoms with van der Waals surface area (Å²) >= 11 is 0. The van der Waals surface area contributed by atoms with Crippen molar-refractivity contribution in [1.29, 1.82) is 0 Å². The number of aliphatic hydroxyl groups excluding tert-OH is 1. The highest BCUT2D eigenvalue weighted by molar-refractivity contribution is 5.85. The lowest BCUT2D eigenvalue weighted by atomic mass is 10.0. The van der Waals surface area contributed by atoms with Crippen molar-refractivity contribution < 1.29 is 18.3 Å². The topological polar surface area (TPSA) is 35.5 Å². The van der Waals surface area contributed by atoms with E-state index < -0.39 is 23.5 Å². The van der Waals surface area contributed by atoms with Crippen LogP contribution in [0.2, 0.25) is 0 Å². The second-order valence-corrected chi connectivity index (χ2v) is 4.58. The summed E-state index contributed by atoms with van der Waals surface area (Å²) in [6.45, 7) is 2.75. The molecule has 0 aliphatic carbocycles. The summed E-state index contributed by atoms with van der Waals surface area (Å²) in [7, 11) is 0. The Morgan fingerprint density at radius 2 is 1.80 bits per heavy atom. The van der Waals surface area contributed by atoms with Gasteiger partial charge in [-0.05, 0) is 12.5 Å². The number of piperazine rings is 1. The first-order valence-electron chi connectivity index (χ1n) is 6.34. The molecular formula is C13H18ClF3N2O. The Kier molecular flexibility index (Phi) is 6.75. The van der Waals surface area contributed by atoms with Crippen LogP contribution in [0, 0.1) is 17.5 Å². The molecule has 1 saturated heterocycles. The molecule has 114 valence electrons. The first-order chi connectivity index (χ1) is 9.15. The zero-order valence-electron chi connectivity index (χ0n) is 10.9. The molecule has 0 bridgehead atoms. The maximum atomic E-state index is 13.9. The smallest absolute Gasteiger partial charge is 0.194 e. The van der Waals surface area contributed by atoms with E-state index in [1.165, 1.54) is 6.07 Å². The second-order valence-electron chi connectivity index (χ2n) is 4.58. The van der Waals surface area contributed by atoms with Crippen LogP contribution >= 0.6 is 12.4 Å². The van der Waals surface area contributed by atoms with E-state index in [1.54, 1.807) is 0 Å². The summed E-state index contributed by atoms with van der Waals surface area (Å²) in [6, 6.07) is 1.76. The molecule has 0 saturated carbocycles. The monoisotopic (exact) mass is 310 g/mol. The average Bonchev–Trinajstić information content (AvgIpc) is 2.44. The molecule has 0 unspecified atom stereocenters. The molecule has 0 spiro atoms. The van der Waals surface area contributed by atoms with Gasteiger partial charge >= 0.3 is 0 Å². The molecular weight excluding hydrogens is 293 g/mol. The van der Waals surface area contributed by atoms with Crippen LogP contribution < -0.4 is 5.32 Å². The maximum Gasteiger partial charge on any atom is 0.194 e. The van der Waals surface area contributed by atoms with Crippen molar-refractivity contribution in [2.45, 2.75) is 12.5 Å². The third kappa shape index (κ3) is 3.63. The maximum absolute atomic E-state index is 13.9. The Bertz CT molecular complexity index is 442. The minimum atomic E-state index is -1.45. The van der Waals surface area contributed by atoms with Crippen molar-refractivity contribution in [2.24, 2.45) is 0 Å². The van der Waals surface area contributed by atoms with Crippen molar-refractivity contribution in [2.75, 3.05) is 32.8 Å². The third-order valence-corrected chi connectivity index (χ3v) is 3.42. The number of halogens is 4. The molecule has 20 heavy (non-hydrogen) atoms. The first kappa shape index (κ1) is 17.2. The molecule has 1 aromatic carbocycles. The Labute approximate surface area is 122 Å². The molecule has 2 N–H and O–H groups in total. The van der Waals surface area contributed by atoms with Gasteiger partial charge in [0.05, 0.1) is 0 Å². The highest BCUT2D eigenvalue weighted by Gasteiger charge is 2.26. The number of hydrogen-bond acceptors (Lipinski definition) is 3. The van der Waals surface area contributed by atoms with Gasteiger partial charge in [-0.2, -0.15) is 0 Å². The SMILES string of the molecule is Cl.OCC[C@@H](c1ccc(F)c(F)c1F)N1CCNCC1. The van der Waals surface area contributed by atoms with Gasteiger partial charge in [-0.3, -0.25) is 4.90 Å². The van der Waals surface area contributed by atoms with Crippen LogP contribution in [0.3, 0.4) is 0 Å². The molecule has 7 heteroatoms. The predicted molar refractivity (Wildman–Crippen MR) is 72.5 cm³/mol. The summed E-state index contributed by atoms with van der Waals surface area (Å²) in [5.74, 6) is -3.79. The molecule has 1 atom stereocenters. The molecule has 1 fully saturated rings. The van der Waals surface area contributed by atoms with E-state index in [4.69, 9.17) is 5.11 Å². The number of nitrogens with one attached hydrogen (secondary N) is 1. The van der Waals surface area contributed by atoms with Gasteiger partial charge in [-0.1, -0.05) is 6.07 Å². The lowest BCUT2D eigenvalue weighted by Gasteiger charge is -2.35. The molecule has 0 radical (unpaired) electrons. The number of nitrogens with zero attached hydrogens (tertiary/aromatic N) is 1. The largest absolute Gasteiger partial charge is 0.396 e. The van der Waals surface area contributed by atoms with E-state index in [2.05, 4.69) is 5.32 Å². The molecule has 2 rings (SSSR count). The van der Waals surface area contributed by atoms with Crippen LogP contribution in [0.4, 0.5) is 13.2 Å². The molecule has 3 nitrogen and oxygen atoms in total. The summed E-state index contributed by atoms with van der Waals surface area (Å²) in [4.78, 5) is 1.97. The van der Waals surface area contributed by atoms with E-state index in [0.29, 0.717) is 19.5 Å². The van der Waals surface area contributed by atoms with Gasteiger partial charge < -0.3 is 10.4 Å². The molecule has 1 heterocycles. The molecule has 1 aliphatic rings. The van der Waals surface area contributed by atoms with Gasteiger partial charge in [0.2, 0.25) is 0 Å². The van der Waals surface area contributed by atoms with E-state index in [9.17, 15) is 13.2 Å². The Morgan fingerprint density at radius 3 is 2.40 bits per heavy atom. The molecule has 1 aliphatic heterocycles. The standard InChI is InChI=1S/C13H17F3N2O.ClH/c14-10-2-1-9(12(15)13(10)16)11(3-8-19)18-6-4-17-5-7-18;/h1-2,11,17,19H,3-8H2;1H/t11-;/m0./s1. The molecule has 0 amide bonds. The second kappa shape index (κ2) is 7.83. The van der Waals surface area contributed by atoms with Gasteiger partial charge in [0.15, 0.2) is 17.5 Å². The van der Waals surface area contributed by atoms with Crippen LogP contribution in [0.25, 0.3) is 0 Å². The van der Waals surface area contributed by atoms with E-state index in [-0.39, 0.29) is 24.6 Å². The van der Waals surface area contributed by atoms with Crippen molar-refractivity contribution in [1.82, 2.24) is 10.2 Å². The molecule has 0 aromatic heterocycles. The fourth-order valence-corrected chi connectivity index (χ4v) is 2.45. The van der Waals surface area contributed by atoms with Gasteiger partial charge in [-0.15, -0.1) is 12.4 Å². The van der Waals surface area contributed by atoms with Gasteiger partial charge in [0.1, 0.15) is 0 Å². The first-order valence-corrected chi connectivity index (χ1v) is 6.34. The number of benzene rings is 1. The quantitative estimate of drug-likeness (QED) is 0.833. The third-order valence-electron chi connectivity index (χ3n) is 3.42. The van der Waals surface area contributed by atoms with Gasteiger partial charge in [-0.25, -0.2) is 13.2 Å². The van der Waals surface area contributed by atoms with Crippen LogP contribution in [0.15, 0.2) is 12.1 Å². The lowest BCUT2D eigenvalue weighted by Crippen LogP contribution is -2.45. The molecule has 1 aromatic rings. The highest BCUT2D eigenvalue weighted by atomic mass is 35.5. The Hall–Kier alpha value is -0.820. The highest BCUT2D eigenvalue weighted by Crippen LogP contribution is 2.28. The predicted octanol–water partition coefficient (Wildman–Crippen LogP) is 1.85. The van der Waals surface area contributed by atoms with Crippen LogP contribution in [-0.2, 0) is 0 Å². The normalized spacial score (nSPS) is 17.6. The average molecular weight is 311 g/mol. The van der Waals surface area contributed by atoms with Gasteiger partial charge in [0, 0.05) is 44.4 Å². The summed E-state index contributed by atoms with van der Waals surface area (Å²) in [6.07, 6.45) is 0.294. The van der Waals surface area contributed by atoms with Crippen molar-refractivity contribution >= 4 is 12.4 Å². The summed E-state index contributed by atoms with van der Waals surface area (Å²) < 4.78 is 40.1. The van der Waals surface area contributed by atoms with Crippen LogP contribution in [0.5, 0.6) is 0 Å². The minimum Gasteiger partial charge on any atom is -0.396 e. The van der Waals surface area contributed by atoms with E-state index >= 15 is 0 Å². The van der Waals surface area contributed by atoms with E-state index in [1.807, 2.05) is 4.90 Å². The van der Waals surface area contributed by atoms with Crippen LogP contribution in [0.1, 0.15) is 18.0 Å². The van der Waals surface area contributed by atoms with Crippen molar-refractivity contribution in [3.63, 3.8) is 0 Å². The number of aliphatic hydroxyl groups is 1. The zero-order valence-corrected chi connectivity index (χ0v) is 11.7. The Balaban J connectivity index is 0.00000200. The van der Waals surface area contributed by atoms with Crippen molar-refractivity contribution in [3.8, 4) is 0 Å². The van der Waals surface area contributed by atoms with Crippen molar-refractivity contribution in [3.05, 3.63) is 35.1 Å². The number of rotatable bonds is 4. The Morgan fingerprint density at radius 1 is 1.15 bits per heavy atom. The number of hydrogen-bond donors (Lipinski definition) is 2. The fraction of sp³-hybridized carbons (Fsp3) is 0.538. The summed E-state index contributed by atoms with van der Waals surface area (Å²) in [5.41, 5.74) is 0.106. The van der Waals surface area contributed by atoms with Gasteiger partial charge in [0.25, 0.3) is 0 Å². The minimum absolute atomic E-state index is 0.